The van der Waals surface area contributed by atoms with Crippen molar-refractivity contribution >= 4 is 44.8 Å². The van der Waals surface area contributed by atoms with Gasteiger partial charge in [-0.05, 0) is 51.6 Å². The summed E-state index contributed by atoms with van der Waals surface area (Å²) in [4.78, 5) is 26.0. The Hall–Kier alpha value is -2.44. The van der Waals surface area contributed by atoms with Crippen molar-refractivity contribution in [2.75, 3.05) is 5.32 Å². The van der Waals surface area contributed by atoms with Gasteiger partial charge in [0.25, 0.3) is 11.8 Å². The highest BCUT2D eigenvalue weighted by Gasteiger charge is 2.15. The van der Waals surface area contributed by atoms with Crippen LogP contribution in [0.3, 0.4) is 0 Å². The Bertz CT molecular complexity index is 894. The summed E-state index contributed by atoms with van der Waals surface area (Å²) in [5, 5.41) is 7.66. The highest BCUT2D eigenvalue weighted by molar-refractivity contribution is 9.10. The van der Waals surface area contributed by atoms with Crippen LogP contribution in [0.2, 0.25) is 0 Å². The Morgan fingerprint density at radius 2 is 1.60 bits per heavy atom. The number of para-hydroxylation sites is 1. The lowest BCUT2D eigenvalue weighted by Gasteiger charge is -2.12. The zero-order valence-corrected chi connectivity index (χ0v) is 15.6. The Morgan fingerprint density at radius 3 is 2.32 bits per heavy atom. The van der Waals surface area contributed by atoms with Crippen LogP contribution in [0.5, 0.6) is 0 Å². The summed E-state index contributed by atoms with van der Waals surface area (Å²) >= 11 is 4.95. The fraction of sp³-hybridized carbons (Fsp3) is 0.0526. The zero-order valence-electron chi connectivity index (χ0n) is 13.2. The summed E-state index contributed by atoms with van der Waals surface area (Å²) in [7, 11) is 0. The molecule has 0 atom stereocenters. The van der Waals surface area contributed by atoms with Gasteiger partial charge in [-0.2, -0.15) is 0 Å². The average Bonchev–Trinajstić information content (AvgIpc) is 3.14. The third kappa shape index (κ3) is 4.35. The van der Waals surface area contributed by atoms with Gasteiger partial charge in [-0.3, -0.25) is 9.59 Å². The van der Waals surface area contributed by atoms with Crippen molar-refractivity contribution in [1.29, 1.82) is 0 Å². The van der Waals surface area contributed by atoms with E-state index in [1.54, 1.807) is 53.8 Å². The summed E-state index contributed by atoms with van der Waals surface area (Å²) in [6, 6.07) is 18.0. The quantitative estimate of drug-likeness (QED) is 0.635. The molecule has 0 spiro atoms. The van der Waals surface area contributed by atoms with Gasteiger partial charge in [0.05, 0.1) is 23.4 Å². The minimum absolute atomic E-state index is 0.226. The van der Waals surface area contributed by atoms with Crippen molar-refractivity contribution in [3.05, 3.63) is 86.5 Å². The van der Waals surface area contributed by atoms with Crippen molar-refractivity contribution in [2.45, 2.75) is 6.54 Å². The van der Waals surface area contributed by atoms with E-state index < -0.39 is 0 Å². The molecule has 2 N–H and O–H groups in total. The van der Waals surface area contributed by atoms with Crippen molar-refractivity contribution in [2.24, 2.45) is 0 Å². The maximum absolute atomic E-state index is 12.5. The first-order chi connectivity index (χ1) is 12.1. The predicted octanol–water partition coefficient (Wildman–Crippen LogP) is 4.69. The molecule has 0 aliphatic heterocycles. The largest absolute Gasteiger partial charge is 0.347 e. The first-order valence-electron chi connectivity index (χ1n) is 7.60. The number of halogens is 1. The molecule has 0 aliphatic rings. The number of carbonyl (C=O) groups excluding carboxylic acids is 2. The third-order valence-electron chi connectivity index (χ3n) is 3.54. The van der Waals surface area contributed by atoms with Crippen LogP contribution in [0.1, 0.15) is 25.6 Å². The predicted molar refractivity (Wildman–Crippen MR) is 104 cm³/mol. The van der Waals surface area contributed by atoms with Gasteiger partial charge in [0, 0.05) is 9.35 Å². The van der Waals surface area contributed by atoms with Gasteiger partial charge in [0.2, 0.25) is 0 Å². The van der Waals surface area contributed by atoms with E-state index in [0.717, 1.165) is 4.88 Å². The van der Waals surface area contributed by atoms with Crippen LogP contribution in [0.4, 0.5) is 5.69 Å². The monoisotopic (exact) mass is 414 g/mol. The Balaban J connectivity index is 1.75. The van der Waals surface area contributed by atoms with E-state index in [-0.39, 0.29) is 11.8 Å². The lowest BCUT2D eigenvalue weighted by Crippen LogP contribution is -2.24. The molecule has 6 heteroatoms. The number of nitrogens with one attached hydrogen (secondary N) is 2. The molecule has 0 bridgehead atoms. The number of carbonyl (C=O) groups is 2. The minimum atomic E-state index is -0.272. The van der Waals surface area contributed by atoms with Crippen molar-refractivity contribution in [3.8, 4) is 0 Å². The standard InChI is InChI=1S/C19H15BrN2O2S/c20-16-9-3-1-7-14(16)19(24)22-17-10-4-2-8-15(17)18(23)21-12-13-6-5-11-25-13/h1-11H,12H2,(H,21,23)(H,22,24). The van der Waals surface area contributed by atoms with Crippen LogP contribution in [-0.2, 0) is 6.54 Å². The van der Waals surface area contributed by atoms with E-state index in [4.69, 9.17) is 0 Å². The van der Waals surface area contributed by atoms with E-state index in [0.29, 0.717) is 27.8 Å². The Morgan fingerprint density at radius 1 is 0.880 bits per heavy atom. The van der Waals surface area contributed by atoms with Crippen molar-refractivity contribution in [1.82, 2.24) is 5.32 Å². The summed E-state index contributed by atoms with van der Waals surface area (Å²) < 4.78 is 0.701. The summed E-state index contributed by atoms with van der Waals surface area (Å²) in [6.07, 6.45) is 0. The molecule has 0 saturated heterocycles. The van der Waals surface area contributed by atoms with Crippen LogP contribution in [0.15, 0.2) is 70.5 Å². The molecule has 3 rings (SSSR count). The number of amides is 2. The fourth-order valence-corrected chi connectivity index (χ4v) is 3.41. The van der Waals surface area contributed by atoms with E-state index in [1.165, 1.54) is 0 Å². The molecular weight excluding hydrogens is 400 g/mol. The molecule has 2 amide bonds. The molecule has 0 unspecified atom stereocenters. The SMILES string of the molecule is O=C(Nc1ccccc1C(=O)NCc1cccs1)c1ccccc1Br. The molecule has 1 aromatic heterocycles. The van der Waals surface area contributed by atoms with Gasteiger partial charge in [-0.15, -0.1) is 11.3 Å². The zero-order chi connectivity index (χ0) is 17.6. The topological polar surface area (TPSA) is 58.2 Å². The molecule has 25 heavy (non-hydrogen) atoms. The van der Waals surface area contributed by atoms with Gasteiger partial charge >= 0.3 is 0 Å². The maximum Gasteiger partial charge on any atom is 0.256 e. The highest BCUT2D eigenvalue weighted by atomic mass is 79.9. The number of rotatable bonds is 5. The van der Waals surface area contributed by atoms with Crippen LogP contribution < -0.4 is 10.6 Å². The number of hydrogen-bond acceptors (Lipinski definition) is 3. The lowest BCUT2D eigenvalue weighted by atomic mass is 10.1. The molecule has 0 fully saturated rings. The number of hydrogen-bond donors (Lipinski definition) is 2. The van der Waals surface area contributed by atoms with Crippen LogP contribution in [-0.4, -0.2) is 11.8 Å². The van der Waals surface area contributed by atoms with Gasteiger partial charge in [0.15, 0.2) is 0 Å². The molecule has 2 aromatic carbocycles. The van der Waals surface area contributed by atoms with Gasteiger partial charge in [-0.25, -0.2) is 0 Å². The van der Waals surface area contributed by atoms with Crippen molar-refractivity contribution < 1.29 is 9.59 Å². The lowest BCUT2D eigenvalue weighted by molar-refractivity contribution is 0.0952. The molecule has 4 nitrogen and oxygen atoms in total. The van der Waals surface area contributed by atoms with Crippen molar-refractivity contribution in [3.63, 3.8) is 0 Å². The maximum atomic E-state index is 12.5. The van der Waals surface area contributed by atoms with Gasteiger partial charge in [-0.1, -0.05) is 30.3 Å². The second-order valence-corrected chi connectivity index (χ2v) is 7.13. The average molecular weight is 415 g/mol. The number of benzene rings is 2. The first-order valence-corrected chi connectivity index (χ1v) is 9.28. The van der Waals surface area contributed by atoms with Gasteiger partial charge in [0.1, 0.15) is 0 Å². The first kappa shape index (κ1) is 17.4. The second-order valence-electron chi connectivity index (χ2n) is 5.24. The van der Waals surface area contributed by atoms with Crippen LogP contribution in [0, 0.1) is 0 Å². The Labute approximate surface area is 158 Å². The van der Waals surface area contributed by atoms with Gasteiger partial charge < -0.3 is 10.6 Å². The molecule has 0 aliphatic carbocycles. The number of anilines is 1. The molecule has 1 heterocycles. The van der Waals surface area contributed by atoms with E-state index >= 15 is 0 Å². The summed E-state index contributed by atoms with van der Waals surface area (Å²) in [5.41, 5.74) is 1.42. The minimum Gasteiger partial charge on any atom is -0.347 e. The van der Waals surface area contributed by atoms with E-state index in [9.17, 15) is 9.59 Å². The molecule has 0 saturated carbocycles. The van der Waals surface area contributed by atoms with Crippen LogP contribution in [0.25, 0.3) is 0 Å². The molecule has 3 aromatic rings. The Kier molecular flexibility index (Phi) is 5.63. The smallest absolute Gasteiger partial charge is 0.256 e. The normalized spacial score (nSPS) is 10.3. The summed E-state index contributed by atoms with van der Waals surface area (Å²) in [6.45, 7) is 0.461. The van der Waals surface area contributed by atoms with E-state index in [1.807, 2.05) is 23.6 Å². The third-order valence-corrected chi connectivity index (χ3v) is 5.11. The molecule has 0 radical (unpaired) electrons. The highest BCUT2D eigenvalue weighted by Crippen LogP contribution is 2.20. The van der Waals surface area contributed by atoms with Crippen LogP contribution >= 0.6 is 27.3 Å². The fourth-order valence-electron chi connectivity index (χ4n) is 2.30. The second kappa shape index (κ2) is 8.09. The summed E-state index contributed by atoms with van der Waals surface area (Å²) in [5.74, 6) is -0.498. The van der Waals surface area contributed by atoms with E-state index in [2.05, 4.69) is 26.6 Å². The molecule has 126 valence electrons. The molecular formula is C19H15BrN2O2S. The number of thiophene rings is 1.